The number of para-hydroxylation sites is 1. The molecule has 0 N–H and O–H groups in total. The molecule has 2 amide bonds. The summed E-state index contributed by atoms with van der Waals surface area (Å²) in [6.07, 6.45) is 0. The van der Waals surface area contributed by atoms with E-state index in [2.05, 4.69) is 4.98 Å². The molecule has 6 heteroatoms. The summed E-state index contributed by atoms with van der Waals surface area (Å²) in [5.74, 6) is -0.792. The summed E-state index contributed by atoms with van der Waals surface area (Å²) in [7, 11) is 0. The van der Waals surface area contributed by atoms with E-state index in [0.717, 1.165) is 9.69 Å². The number of carbonyl (C=O) groups is 2. The summed E-state index contributed by atoms with van der Waals surface area (Å²) in [6, 6.07) is 6.87. The molecule has 0 bridgehead atoms. The summed E-state index contributed by atoms with van der Waals surface area (Å²) < 4.78 is 1.08. The van der Waals surface area contributed by atoms with Gasteiger partial charge in [-0.2, -0.15) is 9.69 Å². The molecule has 6 nitrogen and oxygen atoms in total. The van der Waals surface area contributed by atoms with Crippen LogP contribution in [0.2, 0.25) is 0 Å². The standard InChI is InChI=1S/C15H17N3O3/c1-9(2)14-16-13-8-6-5-7-12(13)15(21)18(14)17(10(3)19)11(4)20/h5-9H,1-4H3. The van der Waals surface area contributed by atoms with Crippen LogP contribution in [-0.2, 0) is 9.59 Å². The lowest BCUT2D eigenvalue weighted by Gasteiger charge is -2.24. The summed E-state index contributed by atoms with van der Waals surface area (Å²) >= 11 is 0. The molecular weight excluding hydrogens is 270 g/mol. The van der Waals surface area contributed by atoms with Crippen LogP contribution in [0.1, 0.15) is 39.4 Å². The molecule has 0 saturated carbocycles. The lowest BCUT2D eigenvalue weighted by Crippen LogP contribution is -2.50. The minimum Gasteiger partial charge on any atom is -0.273 e. The maximum atomic E-state index is 12.7. The lowest BCUT2D eigenvalue weighted by atomic mass is 10.2. The number of fused-ring (bicyclic) bond motifs is 1. The van der Waals surface area contributed by atoms with E-state index in [9.17, 15) is 14.4 Å². The molecule has 1 aromatic heterocycles. The number of aromatic nitrogens is 2. The molecule has 0 aliphatic carbocycles. The number of hydrogen-bond donors (Lipinski definition) is 0. The number of hydrogen-bond acceptors (Lipinski definition) is 4. The van der Waals surface area contributed by atoms with Crippen molar-refractivity contribution in [3.63, 3.8) is 0 Å². The molecule has 0 spiro atoms. The van der Waals surface area contributed by atoms with E-state index in [-0.39, 0.29) is 5.92 Å². The molecule has 0 fully saturated rings. The van der Waals surface area contributed by atoms with Gasteiger partial charge in [-0.1, -0.05) is 26.0 Å². The first-order valence-corrected chi connectivity index (χ1v) is 6.67. The number of nitrogens with zero attached hydrogens (tertiary/aromatic N) is 3. The van der Waals surface area contributed by atoms with E-state index in [1.165, 1.54) is 13.8 Å². The Morgan fingerprint density at radius 3 is 2.24 bits per heavy atom. The number of carbonyl (C=O) groups excluding carboxylic acids is 2. The first-order chi connectivity index (χ1) is 9.84. The van der Waals surface area contributed by atoms with Gasteiger partial charge >= 0.3 is 0 Å². The highest BCUT2D eigenvalue weighted by Gasteiger charge is 2.24. The SMILES string of the molecule is CC(=O)N(C(C)=O)n1c(C(C)C)nc2ccccc2c1=O. The first kappa shape index (κ1) is 14.9. The Bertz CT molecular complexity index is 763. The Hall–Kier alpha value is -2.50. The minimum atomic E-state index is -0.524. The zero-order chi connectivity index (χ0) is 15.7. The summed E-state index contributed by atoms with van der Waals surface area (Å²) in [4.78, 5) is 40.7. The van der Waals surface area contributed by atoms with E-state index in [0.29, 0.717) is 16.7 Å². The van der Waals surface area contributed by atoms with Gasteiger partial charge in [-0.15, -0.1) is 0 Å². The zero-order valence-electron chi connectivity index (χ0n) is 12.5. The Kier molecular flexibility index (Phi) is 3.88. The molecule has 1 aromatic carbocycles. The van der Waals surface area contributed by atoms with E-state index in [1.807, 2.05) is 13.8 Å². The van der Waals surface area contributed by atoms with Gasteiger partial charge in [0.05, 0.1) is 10.9 Å². The number of imide groups is 1. The molecule has 0 atom stereocenters. The molecule has 0 aliphatic heterocycles. The van der Waals surface area contributed by atoms with Gasteiger partial charge in [0, 0.05) is 19.8 Å². The third kappa shape index (κ3) is 2.56. The highest BCUT2D eigenvalue weighted by Crippen LogP contribution is 2.15. The number of benzene rings is 1. The Balaban J connectivity index is 2.91. The second-order valence-electron chi connectivity index (χ2n) is 5.11. The highest BCUT2D eigenvalue weighted by molar-refractivity contribution is 6.06. The second kappa shape index (κ2) is 5.47. The van der Waals surface area contributed by atoms with Crippen molar-refractivity contribution in [2.45, 2.75) is 33.6 Å². The smallest absolute Gasteiger partial charge is 0.273 e. The van der Waals surface area contributed by atoms with Crippen molar-refractivity contribution in [3.05, 3.63) is 40.4 Å². The monoisotopic (exact) mass is 287 g/mol. The minimum absolute atomic E-state index is 0.122. The van der Waals surface area contributed by atoms with Gasteiger partial charge in [-0.3, -0.25) is 14.4 Å². The molecule has 1 heterocycles. The average molecular weight is 287 g/mol. The van der Waals surface area contributed by atoms with Crippen LogP contribution in [0, 0.1) is 0 Å². The zero-order valence-corrected chi connectivity index (χ0v) is 12.5. The van der Waals surface area contributed by atoms with Crippen molar-refractivity contribution in [2.24, 2.45) is 0 Å². The largest absolute Gasteiger partial charge is 0.280 e. The molecule has 0 aliphatic rings. The van der Waals surface area contributed by atoms with Crippen LogP contribution in [0.15, 0.2) is 29.1 Å². The molecule has 0 radical (unpaired) electrons. The van der Waals surface area contributed by atoms with Crippen LogP contribution < -0.4 is 10.6 Å². The van der Waals surface area contributed by atoms with Crippen LogP contribution in [0.4, 0.5) is 0 Å². The van der Waals surface area contributed by atoms with Crippen LogP contribution in [0.25, 0.3) is 10.9 Å². The fourth-order valence-corrected chi connectivity index (χ4v) is 2.21. The molecule has 0 saturated heterocycles. The molecular formula is C15H17N3O3. The molecule has 0 unspecified atom stereocenters. The van der Waals surface area contributed by atoms with E-state index in [4.69, 9.17) is 0 Å². The summed E-state index contributed by atoms with van der Waals surface area (Å²) in [5.41, 5.74) is 0.129. The van der Waals surface area contributed by atoms with Gasteiger partial charge in [0.25, 0.3) is 5.56 Å². The fraction of sp³-hybridized carbons (Fsp3) is 0.333. The van der Waals surface area contributed by atoms with E-state index < -0.39 is 17.4 Å². The van der Waals surface area contributed by atoms with Crippen LogP contribution >= 0.6 is 0 Å². The van der Waals surface area contributed by atoms with Gasteiger partial charge in [0.1, 0.15) is 5.82 Å². The van der Waals surface area contributed by atoms with Gasteiger partial charge in [0.15, 0.2) is 0 Å². The van der Waals surface area contributed by atoms with Crippen molar-refractivity contribution < 1.29 is 9.59 Å². The van der Waals surface area contributed by atoms with Gasteiger partial charge in [0.2, 0.25) is 11.8 Å². The van der Waals surface area contributed by atoms with Crippen molar-refractivity contribution in [1.29, 1.82) is 0 Å². The van der Waals surface area contributed by atoms with Gasteiger partial charge < -0.3 is 0 Å². The quantitative estimate of drug-likeness (QED) is 0.840. The third-order valence-corrected chi connectivity index (χ3v) is 3.09. The van der Waals surface area contributed by atoms with Crippen LogP contribution in [0.3, 0.4) is 0 Å². The first-order valence-electron chi connectivity index (χ1n) is 6.67. The van der Waals surface area contributed by atoms with Crippen molar-refractivity contribution in [2.75, 3.05) is 5.01 Å². The predicted molar refractivity (Wildman–Crippen MR) is 79.7 cm³/mol. The number of amides is 2. The van der Waals surface area contributed by atoms with Crippen molar-refractivity contribution >= 4 is 22.7 Å². The van der Waals surface area contributed by atoms with Crippen molar-refractivity contribution in [3.8, 4) is 0 Å². The molecule has 2 rings (SSSR count). The van der Waals surface area contributed by atoms with E-state index in [1.54, 1.807) is 24.3 Å². The molecule has 2 aromatic rings. The molecule has 110 valence electrons. The van der Waals surface area contributed by atoms with Crippen LogP contribution in [0.5, 0.6) is 0 Å². The van der Waals surface area contributed by atoms with Crippen LogP contribution in [-0.4, -0.2) is 21.5 Å². The second-order valence-corrected chi connectivity index (χ2v) is 5.11. The van der Waals surface area contributed by atoms with Crippen molar-refractivity contribution in [1.82, 2.24) is 9.66 Å². The van der Waals surface area contributed by atoms with Gasteiger partial charge in [-0.05, 0) is 12.1 Å². The average Bonchev–Trinajstić information content (AvgIpc) is 2.40. The predicted octanol–water partition coefficient (Wildman–Crippen LogP) is 1.55. The summed E-state index contributed by atoms with van der Waals surface area (Å²) in [5, 5.41) is 1.20. The summed E-state index contributed by atoms with van der Waals surface area (Å²) in [6.45, 7) is 6.19. The fourth-order valence-electron chi connectivity index (χ4n) is 2.21. The topological polar surface area (TPSA) is 72.3 Å². The normalized spacial score (nSPS) is 10.9. The van der Waals surface area contributed by atoms with Gasteiger partial charge in [-0.25, -0.2) is 4.98 Å². The van der Waals surface area contributed by atoms with E-state index >= 15 is 0 Å². The maximum Gasteiger partial charge on any atom is 0.280 e. The third-order valence-electron chi connectivity index (χ3n) is 3.09. The maximum absolute atomic E-state index is 12.7. The Labute approximate surface area is 122 Å². The Morgan fingerprint density at radius 1 is 1.14 bits per heavy atom. The Morgan fingerprint density at radius 2 is 1.71 bits per heavy atom. The number of rotatable bonds is 2. The lowest BCUT2D eigenvalue weighted by molar-refractivity contribution is -0.126. The molecule has 21 heavy (non-hydrogen) atoms. The highest BCUT2D eigenvalue weighted by atomic mass is 16.2.